The van der Waals surface area contributed by atoms with E-state index in [1.165, 1.54) is 24.3 Å². The zero-order chi connectivity index (χ0) is 20.8. The Bertz CT molecular complexity index is 836. The Balaban J connectivity index is 1.77. The lowest BCUT2D eigenvalue weighted by Gasteiger charge is -2.18. The highest BCUT2D eigenvalue weighted by Gasteiger charge is 2.40. The van der Waals surface area contributed by atoms with Crippen LogP contribution in [0.15, 0.2) is 48.5 Å². The number of benzene rings is 2. The molecule has 154 valence electrons. The number of nitrogens with zero attached hydrogens (tertiary/aromatic N) is 1. The van der Waals surface area contributed by atoms with E-state index < -0.39 is 0 Å². The maximum Gasteiger partial charge on any atom is 0.253 e. The molecule has 1 heterocycles. The third-order valence-corrected chi connectivity index (χ3v) is 5.36. The van der Waals surface area contributed by atoms with Gasteiger partial charge in [0, 0.05) is 44.8 Å². The largest absolute Gasteiger partial charge is 0.385 e. The van der Waals surface area contributed by atoms with E-state index in [0.717, 1.165) is 17.5 Å². The number of methoxy groups -OCH3 is 1. The smallest absolute Gasteiger partial charge is 0.253 e. The van der Waals surface area contributed by atoms with E-state index in [-0.39, 0.29) is 29.5 Å². The zero-order valence-electron chi connectivity index (χ0n) is 16.9. The summed E-state index contributed by atoms with van der Waals surface area (Å²) in [7, 11) is 1.63. The van der Waals surface area contributed by atoms with Crippen LogP contribution in [0.2, 0.25) is 0 Å². The van der Waals surface area contributed by atoms with Crippen LogP contribution in [0, 0.1) is 18.7 Å². The molecule has 0 radical (unpaired) electrons. The fourth-order valence-electron chi connectivity index (χ4n) is 3.72. The Morgan fingerprint density at radius 1 is 1.10 bits per heavy atom. The second-order valence-electron chi connectivity index (χ2n) is 7.48. The van der Waals surface area contributed by atoms with E-state index in [2.05, 4.69) is 5.32 Å². The fraction of sp³-hybridized carbons (Fsp3) is 0.391. The minimum atomic E-state index is -0.381. The third kappa shape index (κ3) is 5.21. The van der Waals surface area contributed by atoms with Gasteiger partial charge in [-0.2, -0.15) is 0 Å². The van der Waals surface area contributed by atoms with Gasteiger partial charge in [0.2, 0.25) is 5.91 Å². The molecule has 6 heteroatoms. The molecule has 1 aliphatic rings. The molecule has 3 rings (SSSR count). The standard InChI is InChI=1S/C23H27FN2O3/c1-16-4-6-17(7-5-16)20-14-26(23(28)18-8-10-19(24)11-9-18)15-21(20)22(27)25-12-3-13-29-2/h4-11,20-21H,3,12-15H2,1-2H3,(H,25,27)/t20-,21+/m0/s1. The van der Waals surface area contributed by atoms with Crippen LogP contribution in [-0.2, 0) is 9.53 Å². The Morgan fingerprint density at radius 3 is 2.45 bits per heavy atom. The molecule has 1 N–H and O–H groups in total. The van der Waals surface area contributed by atoms with Crippen LogP contribution in [-0.4, -0.2) is 50.1 Å². The van der Waals surface area contributed by atoms with Gasteiger partial charge in [0.05, 0.1) is 5.92 Å². The maximum absolute atomic E-state index is 13.2. The molecule has 29 heavy (non-hydrogen) atoms. The number of ether oxygens (including phenoxy) is 1. The summed E-state index contributed by atoms with van der Waals surface area (Å²) in [6.07, 6.45) is 0.738. The maximum atomic E-state index is 13.2. The summed E-state index contributed by atoms with van der Waals surface area (Å²) in [6.45, 7) is 3.93. The summed E-state index contributed by atoms with van der Waals surface area (Å²) in [4.78, 5) is 27.5. The highest BCUT2D eigenvalue weighted by Crippen LogP contribution is 2.34. The van der Waals surface area contributed by atoms with Crippen molar-refractivity contribution in [3.05, 3.63) is 71.0 Å². The van der Waals surface area contributed by atoms with Gasteiger partial charge in [-0.3, -0.25) is 9.59 Å². The van der Waals surface area contributed by atoms with Crippen molar-refractivity contribution >= 4 is 11.8 Å². The lowest BCUT2D eigenvalue weighted by atomic mass is 9.88. The normalized spacial score (nSPS) is 18.7. The van der Waals surface area contributed by atoms with Crippen molar-refractivity contribution < 1.29 is 18.7 Å². The van der Waals surface area contributed by atoms with Crippen LogP contribution in [0.1, 0.15) is 33.8 Å². The first-order valence-corrected chi connectivity index (χ1v) is 9.87. The molecule has 2 aromatic carbocycles. The van der Waals surface area contributed by atoms with Gasteiger partial charge in [-0.1, -0.05) is 29.8 Å². The molecule has 0 saturated carbocycles. The number of halogens is 1. The molecule has 2 amide bonds. The highest BCUT2D eigenvalue weighted by molar-refractivity contribution is 5.95. The second-order valence-corrected chi connectivity index (χ2v) is 7.48. The van der Waals surface area contributed by atoms with Gasteiger partial charge in [-0.05, 0) is 43.2 Å². The number of carbonyl (C=O) groups excluding carboxylic acids is 2. The van der Waals surface area contributed by atoms with E-state index in [1.54, 1.807) is 12.0 Å². The second kappa shape index (κ2) is 9.65. The average Bonchev–Trinajstić information content (AvgIpc) is 3.17. The number of carbonyl (C=O) groups is 2. The predicted octanol–water partition coefficient (Wildman–Crippen LogP) is 3.14. The molecule has 1 aliphatic heterocycles. The van der Waals surface area contributed by atoms with Crippen LogP contribution in [0.3, 0.4) is 0 Å². The fourth-order valence-corrected chi connectivity index (χ4v) is 3.72. The quantitative estimate of drug-likeness (QED) is 0.729. The molecule has 0 bridgehead atoms. The van der Waals surface area contributed by atoms with E-state index in [0.29, 0.717) is 31.8 Å². The molecule has 2 aromatic rings. The minimum Gasteiger partial charge on any atom is -0.385 e. The van der Waals surface area contributed by atoms with E-state index in [4.69, 9.17) is 4.74 Å². The highest BCUT2D eigenvalue weighted by atomic mass is 19.1. The number of hydrogen-bond donors (Lipinski definition) is 1. The van der Waals surface area contributed by atoms with E-state index >= 15 is 0 Å². The molecule has 0 aromatic heterocycles. The lowest BCUT2D eigenvalue weighted by Crippen LogP contribution is -2.36. The molecule has 0 unspecified atom stereocenters. The molecule has 1 fully saturated rings. The van der Waals surface area contributed by atoms with Gasteiger partial charge < -0.3 is 15.0 Å². The van der Waals surface area contributed by atoms with Crippen LogP contribution >= 0.6 is 0 Å². The molecule has 0 spiro atoms. The molecule has 0 aliphatic carbocycles. The van der Waals surface area contributed by atoms with Crippen LogP contribution < -0.4 is 5.32 Å². The summed E-state index contributed by atoms with van der Waals surface area (Å²) in [6, 6.07) is 13.6. The summed E-state index contributed by atoms with van der Waals surface area (Å²) in [5.74, 6) is -1.03. The van der Waals surface area contributed by atoms with Crippen LogP contribution in [0.25, 0.3) is 0 Å². The number of amides is 2. The number of likely N-dealkylation sites (tertiary alicyclic amines) is 1. The molecular weight excluding hydrogens is 371 g/mol. The Labute approximate surface area is 170 Å². The van der Waals surface area contributed by atoms with Crippen molar-refractivity contribution in [1.29, 1.82) is 0 Å². The van der Waals surface area contributed by atoms with Crippen molar-refractivity contribution in [1.82, 2.24) is 10.2 Å². The summed E-state index contributed by atoms with van der Waals surface area (Å²) < 4.78 is 18.2. The van der Waals surface area contributed by atoms with Crippen molar-refractivity contribution in [3.63, 3.8) is 0 Å². The average molecular weight is 398 g/mol. The molecule has 5 nitrogen and oxygen atoms in total. The first kappa shape index (κ1) is 21.0. The van der Waals surface area contributed by atoms with Gasteiger partial charge in [-0.25, -0.2) is 4.39 Å². The van der Waals surface area contributed by atoms with Gasteiger partial charge in [0.25, 0.3) is 5.91 Å². The topological polar surface area (TPSA) is 58.6 Å². The molecule has 1 saturated heterocycles. The van der Waals surface area contributed by atoms with Gasteiger partial charge in [0.15, 0.2) is 0 Å². The van der Waals surface area contributed by atoms with Crippen molar-refractivity contribution in [2.24, 2.45) is 5.92 Å². The van der Waals surface area contributed by atoms with Crippen molar-refractivity contribution in [3.8, 4) is 0 Å². The SMILES string of the molecule is COCCCNC(=O)[C@@H]1CN(C(=O)c2ccc(F)cc2)C[C@H]1c1ccc(C)cc1. The first-order valence-electron chi connectivity index (χ1n) is 9.87. The number of hydrogen-bond acceptors (Lipinski definition) is 3. The van der Waals surface area contributed by atoms with Crippen LogP contribution in [0.5, 0.6) is 0 Å². The first-order chi connectivity index (χ1) is 14.0. The number of rotatable bonds is 7. The van der Waals surface area contributed by atoms with E-state index in [9.17, 15) is 14.0 Å². The summed E-state index contributed by atoms with van der Waals surface area (Å²) in [5, 5.41) is 2.97. The van der Waals surface area contributed by atoms with Gasteiger partial charge in [0.1, 0.15) is 5.82 Å². The van der Waals surface area contributed by atoms with Crippen molar-refractivity contribution in [2.45, 2.75) is 19.3 Å². The summed E-state index contributed by atoms with van der Waals surface area (Å²) in [5.41, 5.74) is 2.61. The van der Waals surface area contributed by atoms with E-state index in [1.807, 2.05) is 31.2 Å². The summed E-state index contributed by atoms with van der Waals surface area (Å²) >= 11 is 0. The Morgan fingerprint density at radius 2 is 1.79 bits per heavy atom. The third-order valence-electron chi connectivity index (χ3n) is 5.36. The lowest BCUT2D eigenvalue weighted by molar-refractivity contribution is -0.124. The molecule has 2 atom stereocenters. The van der Waals surface area contributed by atoms with Gasteiger partial charge >= 0.3 is 0 Å². The van der Waals surface area contributed by atoms with Crippen LogP contribution in [0.4, 0.5) is 4.39 Å². The molecular formula is C23H27FN2O3. The monoisotopic (exact) mass is 398 g/mol. The van der Waals surface area contributed by atoms with Crippen molar-refractivity contribution in [2.75, 3.05) is 33.4 Å². The number of aryl methyl sites for hydroxylation is 1. The van der Waals surface area contributed by atoms with Gasteiger partial charge in [-0.15, -0.1) is 0 Å². The number of nitrogens with one attached hydrogen (secondary N) is 1. The Hall–Kier alpha value is -2.73. The zero-order valence-corrected chi connectivity index (χ0v) is 16.9. The predicted molar refractivity (Wildman–Crippen MR) is 109 cm³/mol. The Kier molecular flexibility index (Phi) is 6.99. The minimum absolute atomic E-state index is 0.0546.